The Labute approximate surface area is 204 Å². The molecule has 0 aliphatic carbocycles. The van der Waals surface area contributed by atoms with Crippen molar-refractivity contribution in [2.75, 3.05) is 26.2 Å². The lowest BCUT2D eigenvalue weighted by Crippen LogP contribution is -2.50. The van der Waals surface area contributed by atoms with Gasteiger partial charge in [0.2, 0.25) is 0 Å². The largest absolute Gasteiger partial charge is 0.335 e. The molecule has 1 aliphatic rings. The molecule has 4 aromatic rings. The first kappa shape index (κ1) is 23.2. The summed E-state index contributed by atoms with van der Waals surface area (Å²) in [7, 11) is 0. The quantitative estimate of drug-likeness (QED) is 0.473. The summed E-state index contributed by atoms with van der Waals surface area (Å²) >= 11 is 0. The van der Waals surface area contributed by atoms with Crippen molar-refractivity contribution in [3.63, 3.8) is 0 Å². The monoisotopic (exact) mass is 487 g/mol. The second-order valence-corrected chi connectivity index (χ2v) is 8.50. The normalized spacial score (nSPS) is 13.7. The average Bonchev–Trinajstić information content (AvgIpc) is 2.91. The highest BCUT2D eigenvalue weighted by atomic mass is 19.1. The number of carbonyl (C=O) groups is 2. The van der Waals surface area contributed by atoms with Crippen molar-refractivity contribution < 1.29 is 14.0 Å². The van der Waals surface area contributed by atoms with Crippen LogP contribution in [0.5, 0.6) is 0 Å². The minimum absolute atomic E-state index is 0.0465. The third-order valence-corrected chi connectivity index (χ3v) is 6.29. The fourth-order valence-corrected chi connectivity index (χ4v) is 4.38. The van der Waals surface area contributed by atoms with Gasteiger partial charge in [0.25, 0.3) is 17.4 Å². The molecule has 5 rings (SSSR count). The van der Waals surface area contributed by atoms with Crippen molar-refractivity contribution in [3.05, 3.63) is 110 Å². The van der Waals surface area contributed by atoms with Gasteiger partial charge in [-0.1, -0.05) is 18.2 Å². The number of para-hydroxylation sites is 1. The number of H-pyrrole nitrogens is 1. The van der Waals surface area contributed by atoms with Gasteiger partial charge in [-0.2, -0.15) is 0 Å². The summed E-state index contributed by atoms with van der Waals surface area (Å²) in [6.45, 7) is 1.23. The van der Waals surface area contributed by atoms with Crippen LogP contribution in [0.15, 0.2) is 76.6 Å². The van der Waals surface area contributed by atoms with Crippen molar-refractivity contribution in [1.29, 1.82) is 0 Å². The van der Waals surface area contributed by atoms with Crippen LogP contribution in [0.1, 0.15) is 26.3 Å². The van der Waals surface area contributed by atoms with Gasteiger partial charge in [-0.25, -0.2) is 9.18 Å². The van der Waals surface area contributed by atoms with Crippen LogP contribution in [-0.4, -0.2) is 62.3 Å². The lowest BCUT2D eigenvalue weighted by atomic mass is 10.1. The van der Waals surface area contributed by atoms with E-state index in [0.717, 1.165) is 0 Å². The van der Waals surface area contributed by atoms with E-state index in [4.69, 9.17) is 0 Å². The molecule has 1 fully saturated rings. The zero-order valence-electron chi connectivity index (χ0n) is 19.2. The summed E-state index contributed by atoms with van der Waals surface area (Å²) in [5.41, 5.74) is 0.315. The summed E-state index contributed by atoms with van der Waals surface area (Å²) in [4.78, 5) is 59.8. The molecule has 10 heteroatoms. The molecule has 3 heterocycles. The molecule has 0 radical (unpaired) electrons. The fourth-order valence-electron chi connectivity index (χ4n) is 4.38. The molecule has 1 saturated heterocycles. The van der Waals surface area contributed by atoms with E-state index in [1.807, 2.05) is 0 Å². The topological polar surface area (TPSA) is 108 Å². The molecular weight excluding hydrogens is 465 g/mol. The van der Waals surface area contributed by atoms with Crippen LogP contribution >= 0.6 is 0 Å². The van der Waals surface area contributed by atoms with E-state index in [9.17, 15) is 23.6 Å². The Morgan fingerprint density at radius 1 is 0.889 bits per heavy atom. The molecule has 1 N–H and O–H groups in total. The molecule has 182 valence electrons. The van der Waals surface area contributed by atoms with Gasteiger partial charge >= 0.3 is 5.69 Å². The van der Waals surface area contributed by atoms with Gasteiger partial charge in [-0.05, 0) is 42.0 Å². The number of fused-ring (bicyclic) bond motifs is 1. The fraction of sp³-hybridized carbons (Fsp3) is 0.192. The van der Waals surface area contributed by atoms with Crippen molar-refractivity contribution in [1.82, 2.24) is 24.3 Å². The predicted octanol–water partition coefficient (Wildman–Crippen LogP) is 1.87. The van der Waals surface area contributed by atoms with E-state index in [1.165, 1.54) is 27.7 Å². The lowest BCUT2D eigenvalue weighted by Gasteiger charge is -2.35. The van der Waals surface area contributed by atoms with E-state index >= 15 is 0 Å². The van der Waals surface area contributed by atoms with E-state index in [2.05, 4.69) is 9.97 Å². The number of aromatic nitrogens is 3. The molecule has 1 aliphatic heterocycles. The average molecular weight is 487 g/mol. The third-order valence-electron chi connectivity index (χ3n) is 6.29. The second kappa shape index (κ2) is 9.57. The number of piperazine rings is 1. The molecule has 9 nitrogen and oxygen atoms in total. The molecule has 2 aromatic heterocycles. The molecule has 0 saturated carbocycles. The minimum Gasteiger partial charge on any atom is -0.335 e. The molecular formula is C26H22FN5O4. The number of hydrogen-bond acceptors (Lipinski definition) is 5. The highest BCUT2D eigenvalue weighted by Crippen LogP contribution is 2.17. The Morgan fingerprint density at radius 3 is 2.28 bits per heavy atom. The van der Waals surface area contributed by atoms with Gasteiger partial charge in [0, 0.05) is 44.1 Å². The maximum absolute atomic E-state index is 14.7. The number of aromatic amines is 1. The van der Waals surface area contributed by atoms with Crippen LogP contribution in [0.4, 0.5) is 4.39 Å². The van der Waals surface area contributed by atoms with Crippen LogP contribution in [0.3, 0.4) is 0 Å². The van der Waals surface area contributed by atoms with Crippen molar-refractivity contribution >= 4 is 22.7 Å². The highest BCUT2D eigenvalue weighted by molar-refractivity contribution is 5.96. The van der Waals surface area contributed by atoms with Crippen molar-refractivity contribution in [3.8, 4) is 0 Å². The van der Waals surface area contributed by atoms with Crippen LogP contribution in [0.25, 0.3) is 10.9 Å². The van der Waals surface area contributed by atoms with Crippen LogP contribution in [0, 0.1) is 5.82 Å². The molecule has 0 bridgehead atoms. The summed E-state index contributed by atoms with van der Waals surface area (Å²) in [5, 5.41) is 0.356. The summed E-state index contributed by atoms with van der Waals surface area (Å²) in [6.07, 6.45) is 3.10. The number of benzene rings is 2. The van der Waals surface area contributed by atoms with Gasteiger partial charge in [0.15, 0.2) is 0 Å². The Balaban J connectivity index is 1.34. The van der Waals surface area contributed by atoms with Crippen LogP contribution in [-0.2, 0) is 6.54 Å². The second-order valence-electron chi connectivity index (χ2n) is 8.50. The van der Waals surface area contributed by atoms with E-state index < -0.39 is 23.0 Å². The number of amides is 2. The summed E-state index contributed by atoms with van der Waals surface area (Å²) in [6, 6.07) is 14.1. The SMILES string of the molecule is O=C(c1ccncc1)N1CCN(C(=O)c2cc(Cn3c(=O)[nH]c(=O)c4ccccc43)ccc2F)CC1. The van der Waals surface area contributed by atoms with E-state index in [1.54, 1.807) is 53.7 Å². The predicted molar refractivity (Wildman–Crippen MR) is 130 cm³/mol. The number of pyridine rings is 1. The molecule has 2 amide bonds. The minimum atomic E-state index is -0.669. The van der Waals surface area contributed by atoms with Crippen LogP contribution in [0.2, 0.25) is 0 Å². The van der Waals surface area contributed by atoms with Gasteiger partial charge in [-0.3, -0.25) is 28.9 Å². The standard InChI is InChI=1S/C26H22FN5O4/c27-21-6-5-17(16-32-22-4-2-1-3-19(22)23(33)29-26(32)36)15-20(21)25(35)31-13-11-30(12-14-31)24(34)18-7-9-28-10-8-18/h1-10,15H,11-14,16H2,(H,29,33,36). The first-order chi connectivity index (χ1) is 17.4. The first-order valence-electron chi connectivity index (χ1n) is 11.4. The maximum atomic E-state index is 14.7. The Bertz CT molecular complexity index is 1570. The molecule has 36 heavy (non-hydrogen) atoms. The Kier molecular flexibility index (Phi) is 6.16. The first-order valence-corrected chi connectivity index (χ1v) is 11.4. The zero-order valence-corrected chi connectivity index (χ0v) is 19.2. The number of nitrogens with one attached hydrogen (secondary N) is 1. The van der Waals surface area contributed by atoms with Crippen molar-refractivity contribution in [2.45, 2.75) is 6.54 Å². The number of rotatable bonds is 4. The summed E-state index contributed by atoms with van der Waals surface area (Å²) in [5.74, 6) is -1.29. The van der Waals surface area contributed by atoms with Gasteiger partial charge in [0.1, 0.15) is 5.82 Å². The van der Waals surface area contributed by atoms with E-state index in [-0.39, 0.29) is 31.1 Å². The maximum Gasteiger partial charge on any atom is 0.329 e. The molecule has 0 unspecified atom stereocenters. The van der Waals surface area contributed by atoms with Crippen LogP contribution < -0.4 is 11.2 Å². The lowest BCUT2D eigenvalue weighted by molar-refractivity contribution is 0.0532. The molecule has 0 atom stereocenters. The van der Waals surface area contributed by atoms with Gasteiger partial charge in [0.05, 0.1) is 23.0 Å². The Morgan fingerprint density at radius 2 is 1.56 bits per heavy atom. The summed E-state index contributed by atoms with van der Waals surface area (Å²) < 4.78 is 16.1. The Hall–Kier alpha value is -4.60. The molecule has 2 aromatic carbocycles. The van der Waals surface area contributed by atoms with Gasteiger partial charge < -0.3 is 9.80 Å². The number of carbonyl (C=O) groups excluding carboxylic acids is 2. The van der Waals surface area contributed by atoms with Gasteiger partial charge in [-0.15, -0.1) is 0 Å². The zero-order chi connectivity index (χ0) is 25.2. The smallest absolute Gasteiger partial charge is 0.329 e. The highest BCUT2D eigenvalue weighted by Gasteiger charge is 2.27. The number of hydrogen-bond donors (Lipinski definition) is 1. The van der Waals surface area contributed by atoms with E-state index in [0.29, 0.717) is 35.1 Å². The number of halogens is 1. The van der Waals surface area contributed by atoms with Crippen molar-refractivity contribution in [2.24, 2.45) is 0 Å². The number of nitrogens with zero attached hydrogens (tertiary/aromatic N) is 4. The third kappa shape index (κ3) is 4.40. The molecule has 0 spiro atoms.